The molecule has 0 saturated heterocycles. The van der Waals surface area contributed by atoms with Crippen LogP contribution < -0.4 is 11.1 Å². The number of nitrogens with two attached hydrogens (primary N) is 1. The summed E-state index contributed by atoms with van der Waals surface area (Å²) in [5, 5.41) is 12.6. The molecule has 1 unspecified atom stereocenters. The van der Waals surface area contributed by atoms with Crippen molar-refractivity contribution in [2.24, 2.45) is 10.7 Å². The Morgan fingerprint density at radius 2 is 2.50 bits per heavy atom. The van der Waals surface area contributed by atoms with Crippen LogP contribution in [0, 0.1) is 10.1 Å². The molecule has 64 valence electrons. The van der Waals surface area contributed by atoms with Gasteiger partial charge in [-0.25, -0.2) is 4.99 Å². The molecule has 1 aliphatic rings. The predicted molar refractivity (Wildman–Crippen MR) is 39.7 cm³/mol. The van der Waals surface area contributed by atoms with Crippen LogP contribution in [0.25, 0.3) is 0 Å². The van der Waals surface area contributed by atoms with E-state index in [2.05, 4.69) is 10.3 Å². The molecule has 0 saturated carbocycles. The minimum atomic E-state index is -1.10. The second kappa shape index (κ2) is 2.99. The van der Waals surface area contributed by atoms with Gasteiger partial charge < -0.3 is 15.8 Å². The Hall–Kier alpha value is -1.92. The summed E-state index contributed by atoms with van der Waals surface area (Å²) in [5.41, 5.74) is 4.87. The minimum absolute atomic E-state index is 0.00213. The highest BCUT2D eigenvalue weighted by molar-refractivity contribution is 5.83. The van der Waals surface area contributed by atoms with Crippen molar-refractivity contribution in [2.45, 2.75) is 6.04 Å². The van der Waals surface area contributed by atoms with Crippen molar-refractivity contribution in [3.8, 4) is 0 Å². The topological polar surface area (TPSA) is 111 Å². The van der Waals surface area contributed by atoms with Gasteiger partial charge in [-0.1, -0.05) is 0 Å². The lowest BCUT2D eigenvalue weighted by Gasteiger charge is -2.09. The molecule has 1 rings (SSSR count). The number of carbonyl (C=O) groups excluding carboxylic acids is 1. The van der Waals surface area contributed by atoms with Gasteiger partial charge in [0.05, 0.1) is 11.1 Å². The molecule has 0 aromatic rings. The summed E-state index contributed by atoms with van der Waals surface area (Å²) in [5.74, 6) is -0.00213. The molecule has 7 heteroatoms. The Kier molecular flexibility index (Phi) is 2.04. The Morgan fingerprint density at radius 3 is 3.00 bits per heavy atom. The van der Waals surface area contributed by atoms with Crippen LogP contribution in [0.4, 0.5) is 0 Å². The molecule has 0 aliphatic carbocycles. The van der Waals surface area contributed by atoms with Crippen molar-refractivity contribution < 1.29 is 9.72 Å². The Bertz CT molecular complexity index is 282. The number of carbonyl (C=O) groups is 1. The quantitative estimate of drug-likeness (QED) is 0.300. The van der Waals surface area contributed by atoms with Crippen LogP contribution in [0.5, 0.6) is 0 Å². The molecule has 0 fully saturated rings. The average molecular weight is 170 g/mol. The zero-order valence-corrected chi connectivity index (χ0v) is 5.93. The largest absolute Gasteiger partial charge is 0.370 e. The normalized spacial score (nSPS) is 21.8. The third-order valence-electron chi connectivity index (χ3n) is 1.29. The zero-order chi connectivity index (χ0) is 9.14. The molecule has 0 radical (unpaired) electrons. The maximum Gasteiger partial charge on any atom is 0.293 e. The maximum atomic E-state index is 10.3. The standard InChI is InChI=1S/C5H6N4O3/c6-5-7-1-4(9(11)12)3(2-10)8-5/h1-3H,(H3,6,7,8). The van der Waals surface area contributed by atoms with Crippen LogP contribution in [-0.2, 0) is 4.79 Å². The molecule has 0 aromatic carbocycles. The van der Waals surface area contributed by atoms with Crippen LogP contribution in [0.1, 0.15) is 0 Å². The number of guanidine groups is 1. The molecule has 0 aromatic heterocycles. The molecule has 3 N–H and O–H groups in total. The van der Waals surface area contributed by atoms with E-state index in [4.69, 9.17) is 5.73 Å². The SMILES string of the molecule is NC1=NC(C=O)C([N+](=O)[O-])=CN1. The first kappa shape index (κ1) is 8.18. The first-order valence-electron chi connectivity index (χ1n) is 3.04. The van der Waals surface area contributed by atoms with Gasteiger partial charge in [-0.15, -0.1) is 0 Å². The molecule has 1 aliphatic heterocycles. The fourth-order valence-electron chi connectivity index (χ4n) is 0.747. The summed E-state index contributed by atoms with van der Waals surface area (Å²) < 4.78 is 0. The van der Waals surface area contributed by atoms with Gasteiger partial charge in [0.25, 0.3) is 5.70 Å². The fraction of sp³-hybridized carbons (Fsp3) is 0.200. The summed E-state index contributed by atoms with van der Waals surface area (Å²) >= 11 is 0. The third kappa shape index (κ3) is 1.39. The summed E-state index contributed by atoms with van der Waals surface area (Å²) in [6, 6.07) is -1.10. The van der Waals surface area contributed by atoms with E-state index in [-0.39, 0.29) is 11.7 Å². The number of aldehydes is 1. The van der Waals surface area contributed by atoms with E-state index < -0.39 is 11.0 Å². The van der Waals surface area contributed by atoms with Gasteiger partial charge in [-0.3, -0.25) is 10.1 Å². The van der Waals surface area contributed by atoms with E-state index in [1.807, 2.05) is 0 Å². The minimum Gasteiger partial charge on any atom is -0.370 e. The number of aliphatic imine (C=N–C) groups is 1. The van der Waals surface area contributed by atoms with Crippen molar-refractivity contribution in [3.63, 3.8) is 0 Å². The van der Waals surface area contributed by atoms with E-state index in [1.54, 1.807) is 0 Å². The van der Waals surface area contributed by atoms with Crippen molar-refractivity contribution in [3.05, 3.63) is 22.0 Å². The monoisotopic (exact) mass is 170 g/mol. The highest BCUT2D eigenvalue weighted by Crippen LogP contribution is 2.07. The summed E-state index contributed by atoms with van der Waals surface area (Å²) in [6.45, 7) is 0. The molecule has 12 heavy (non-hydrogen) atoms. The molecule has 1 atom stereocenters. The van der Waals surface area contributed by atoms with Crippen molar-refractivity contribution in [1.29, 1.82) is 0 Å². The van der Waals surface area contributed by atoms with Gasteiger partial charge in [-0.2, -0.15) is 0 Å². The van der Waals surface area contributed by atoms with Gasteiger partial charge in [0.2, 0.25) is 6.04 Å². The fourth-order valence-corrected chi connectivity index (χ4v) is 0.747. The van der Waals surface area contributed by atoms with Gasteiger partial charge in [0.1, 0.15) is 0 Å². The predicted octanol–water partition coefficient (Wildman–Crippen LogP) is -1.41. The Labute approximate surface area is 67.1 Å². The van der Waals surface area contributed by atoms with E-state index in [9.17, 15) is 14.9 Å². The highest BCUT2D eigenvalue weighted by atomic mass is 16.6. The van der Waals surface area contributed by atoms with Gasteiger partial charge in [0.15, 0.2) is 12.2 Å². The van der Waals surface area contributed by atoms with Crippen LogP contribution in [-0.4, -0.2) is 23.2 Å². The van der Waals surface area contributed by atoms with Crippen LogP contribution >= 0.6 is 0 Å². The average Bonchev–Trinajstić information content (AvgIpc) is 2.03. The number of nitro groups is 1. The van der Waals surface area contributed by atoms with Crippen molar-refractivity contribution in [2.75, 3.05) is 0 Å². The lowest BCUT2D eigenvalue weighted by Crippen LogP contribution is -2.36. The maximum absolute atomic E-state index is 10.3. The highest BCUT2D eigenvalue weighted by Gasteiger charge is 2.26. The summed E-state index contributed by atoms with van der Waals surface area (Å²) in [7, 11) is 0. The van der Waals surface area contributed by atoms with E-state index >= 15 is 0 Å². The molecule has 1 heterocycles. The van der Waals surface area contributed by atoms with Crippen LogP contribution in [0.15, 0.2) is 16.9 Å². The van der Waals surface area contributed by atoms with E-state index in [1.165, 1.54) is 0 Å². The second-order valence-electron chi connectivity index (χ2n) is 2.07. The molecule has 0 spiro atoms. The van der Waals surface area contributed by atoms with Crippen molar-refractivity contribution >= 4 is 12.2 Å². The number of rotatable bonds is 2. The smallest absolute Gasteiger partial charge is 0.293 e. The summed E-state index contributed by atoms with van der Waals surface area (Å²) in [6.07, 6.45) is 1.42. The Balaban J connectivity index is 2.90. The van der Waals surface area contributed by atoms with E-state index in [0.29, 0.717) is 6.29 Å². The molecular formula is C5H6N4O3. The lowest BCUT2D eigenvalue weighted by molar-refractivity contribution is -0.428. The number of nitrogens with one attached hydrogen (secondary N) is 1. The lowest BCUT2D eigenvalue weighted by atomic mass is 10.2. The first-order chi connectivity index (χ1) is 5.65. The molecule has 0 bridgehead atoms. The molecule has 7 nitrogen and oxygen atoms in total. The van der Waals surface area contributed by atoms with Crippen molar-refractivity contribution in [1.82, 2.24) is 5.32 Å². The number of hydrogen-bond acceptors (Lipinski definition) is 6. The summed E-state index contributed by atoms with van der Waals surface area (Å²) in [4.78, 5) is 23.4. The van der Waals surface area contributed by atoms with Crippen LogP contribution in [0.2, 0.25) is 0 Å². The van der Waals surface area contributed by atoms with Gasteiger partial charge in [0, 0.05) is 0 Å². The van der Waals surface area contributed by atoms with E-state index in [0.717, 1.165) is 6.20 Å². The Morgan fingerprint density at radius 1 is 1.83 bits per heavy atom. The number of hydrogen-bond donors (Lipinski definition) is 2. The molecule has 0 amide bonds. The van der Waals surface area contributed by atoms with Gasteiger partial charge in [-0.05, 0) is 0 Å². The third-order valence-corrected chi connectivity index (χ3v) is 1.29. The second-order valence-corrected chi connectivity index (χ2v) is 2.07. The van der Waals surface area contributed by atoms with Gasteiger partial charge >= 0.3 is 0 Å². The van der Waals surface area contributed by atoms with Crippen LogP contribution in [0.3, 0.4) is 0 Å². The first-order valence-corrected chi connectivity index (χ1v) is 3.04. The zero-order valence-electron chi connectivity index (χ0n) is 5.93. The number of nitrogens with zero attached hydrogens (tertiary/aromatic N) is 2. The molecular weight excluding hydrogens is 164 g/mol.